The van der Waals surface area contributed by atoms with E-state index in [1.807, 2.05) is 27.7 Å². The van der Waals surface area contributed by atoms with Gasteiger partial charge in [0.05, 0.1) is 11.0 Å². The maximum atomic E-state index is 12.6. The molecule has 1 saturated heterocycles. The maximum absolute atomic E-state index is 12.6. The minimum atomic E-state index is -0.545. The molecule has 1 aromatic carbocycles. The Kier molecular flexibility index (Phi) is 4.75. The van der Waals surface area contributed by atoms with Crippen molar-refractivity contribution in [2.24, 2.45) is 5.92 Å². The number of amides is 1. The van der Waals surface area contributed by atoms with Crippen LogP contribution >= 0.6 is 0 Å². The minimum Gasteiger partial charge on any atom is -0.391 e. The fourth-order valence-electron chi connectivity index (χ4n) is 2.87. The van der Waals surface area contributed by atoms with E-state index in [-0.39, 0.29) is 29.5 Å². The van der Waals surface area contributed by atoms with Gasteiger partial charge in [-0.1, -0.05) is 33.8 Å². The average molecular weight is 320 g/mol. The van der Waals surface area contributed by atoms with Crippen LogP contribution in [-0.2, 0) is 5.41 Å². The number of hydrogen-bond acceptors (Lipinski definition) is 4. The Morgan fingerprint density at radius 3 is 2.57 bits per heavy atom. The zero-order valence-electron chi connectivity index (χ0n) is 14.1. The first-order chi connectivity index (χ1) is 10.6. The Bertz CT molecular complexity index is 622. The number of piperidine rings is 1. The van der Waals surface area contributed by atoms with Crippen LogP contribution in [0.15, 0.2) is 18.2 Å². The van der Waals surface area contributed by atoms with Crippen molar-refractivity contribution in [2.75, 3.05) is 13.1 Å². The number of nitro groups is 1. The summed E-state index contributed by atoms with van der Waals surface area (Å²) in [6.45, 7) is 8.49. The van der Waals surface area contributed by atoms with Gasteiger partial charge in [-0.3, -0.25) is 14.9 Å². The molecular weight excluding hydrogens is 296 g/mol. The van der Waals surface area contributed by atoms with Crippen molar-refractivity contribution in [3.8, 4) is 0 Å². The molecule has 1 N–H and O–H groups in total. The predicted octanol–water partition coefficient (Wildman–Crippen LogP) is 2.74. The molecule has 1 aromatic rings. The van der Waals surface area contributed by atoms with E-state index in [0.29, 0.717) is 17.7 Å². The number of rotatable bonds is 2. The number of aliphatic hydroxyl groups excluding tert-OH is 1. The maximum Gasteiger partial charge on any atom is 0.273 e. The lowest BCUT2D eigenvalue weighted by molar-refractivity contribution is -0.386. The van der Waals surface area contributed by atoms with Gasteiger partial charge in [-0.2, -0.15) is 0 Å². The van der Waals surface area contributed by atoms with E-state index >= 15 is 0 Å². The van der Waals surface area contributed by atoms with Crippen LogP contribution in [0, 0.1) is 16.0 Å². The summed E-state index contributed by atoms with van der Waals surface area (Å²) in [4.78, 5) is 25.1. The number of nitrogens with zero attached hydrogens (tertiary/aromatic N) is 2. The lowest BCUT2D eigenvalue weighted by atomic mass is 9.85. The van der Waals surface area contributed by atoms with Crippen molar-refractivity contribution < 1.29 is 14.8 Å². The van der Waals surface area contributed by atoms with Crippen LogP contribution in [0.25, 0.3) is 0 Å². The van der Waals surface area contributed by atoms with Crippen LogP contribution < -0.4 is 0 Å². The van der Waals surface area contributed by atoms with E-state index in [1.165, 1.54) is 6.07 Å². The number of hydrogen-bond donors (Lipinski definition) is 1. The molecule has 0 bridgehead atoms. The molecule has 0 spiro atoms. The Hall–Kier alpha value is -1.95. The number of nitro benzene ring substituents is 1. The molecule has 0 radical (unpaired) electrons. The molecule has 0 aromatic heterocycles. The van der Waals surface area contributed by atoms with Crippen molar-refractivity contribution in [3.63, 3.8) is 0 Å². The number of aliphatic hydroxyl groups is 1. The zero-order chi connectivity index (χ0) is 17.4. The van der Waals surface area contributed by atoms with Gasteiger partial charge in [0.15, 0.2) is 0 Å². The highest BCUT2D eigenvalue weighted by Gasteiger charge is 2.30. The second-order valence-electron chi connectivity index (χ2n) is 7.32. The first-order valence-electron chi connectivity index (χ1n) is 7.87. The van der Waals surface area contributed by atoms with E-state index in [9.17, 15) is 20.0 Å². The molecule has 2 atom stereocenters. The summed E-state index contributed by atoms with van der Waals surface area (Å²) in [6, 6.07) is 4.65. The summed E-state index contributed by atoms with van der Waals surface area (Å²) >= 11 is 0. The molecular formula is C17H24N2O4. The van der Waals surface area contributed by atoms with Gasteiger partial charge in [-0.15, -0.1) is 0 Å². The van der Waals surface area contributed by atoms with Gasteiger partial charge in [0.2, 0.25) is 0 Å². The summed E-state index contributed by atoms with van der Waals surface area (Å²) in [6.07, 6.45) is 0.186. The molecule has 0 aliphatic carbocycles. The molecule has 1 fully saturated rings. The summed E-state index contributed by atoms with van der Waals surface area (Å²) < 4.78 is 0. The summed E-state index contributed by atoms with van der Waals surface area (Å²) in [5, 5.41) is 21.3. The molecule has 0 saturated carbocycles. The van der Waals surface area contributed by atoms with Crippen molar-refractivity contribution in [2.45, 2.75) is 45.6 Å². The van der Waals surface area contributed by atoms with Crippen LogP contribution in [0.3, 0.4) is 0 Å². The highest BCUT2D eigenvalue weighted by molar-refractivity contribution is 5.95. The van der Waals surface area contributed by atoms with Gasteiger partial charge < -0.3 is 10.0 Å². The summed E-state index contributed by atoms with van der Waals surface area (Å²) in [5.74, 6) is -0.101. The normalized spacial score (nSPS) is 22.0. The van der Waals surface area contributed by atoms with Crippen LogP contribution in [-0.4, -0.2) is 40.0 Å². The third kappa shape index (κ3) is 3.69. The first-order valence-corrected chi connectivity index (χ1v) is 7.87. The monoisotopic (exact) mass is 320 g/mol. The van der Waals surface area contributed by atoms with Crippen molar-refractivity contribution in [1.82, 2.24) is 4.90 Å². The minimum absolute atomic E-state index is 0.0331. The lowest BCUT2D eigenvalue weighted by Gasteiger charge is -2.34. The smallest absolute Gasteiger partial charge is 0.273 e. The van der Waals surface area contributed by atoms with Gasteiger partial charge in [0, 0.05) is 30.3 Å². The van der Waals surface area contributed by atoms with Crippen LogP contribution in [0.5, 0.6) is 0 Å². The summed E-state index contributed by atoms with van der Waals surface area (Å²) in [7, 11) is 0. The van der Waals surface area contributed by atoms with Crippen LogP contribution in [0.2, 0.25) is 0 Å². The van der Waals surface area contributed by atoms with Gasteiger partial charge in [0.1, 0.15) is 0 Å². The second kappa shape index (κ2) is 6.28. The molecule has 6 heteroatoms. The predicted molar refractivity (Wildman–Crippen MR) is 87.5 cm³/mol. The highest BCUT2D eigenvalue weighted by Crippen LogP contribution is 2.32. The second-order valence-corrected chi connectivity index (χ2v) is 7.32. The van der Waals surface area contributed by atoms with E-state index < -0.39 is 11.0 Å². The topological polar surface area (TPSA) is 83.7 Å². The number of β-amino-alcohol motifs (C(OH)–C–C–N with tert-alkyl or cyclic N) is 1. The molecule has 2 unspecified atom stereocenters. The van der Waals surface area contributed by atoms with Crippen molar-refractivity contribution >= 4 is 11.6 Å². The standard InChI is InChI=1S/C17H24N2O4/c1-11-7-8-18(10-15(11)20)16(21)12-5-6-13(17(2,3)4)14(9-12)19(22)23/h5-6,9,11,15,20H,7-8,10H2,1-4H3. The molecule has 126 valence electrons. The fraction of sp³-hybridized carbons (Fsp3) is 0.588. The van der Waals surface area contributed by atoms with Crippen LogP contribution in [0.1, 0.15) is 50.0 Å². The zero-order valence-corrected chi connectivity index (χ0v) is 14.1. The van der Waals surface area contributed by atoms with Crippen LogP contribution in [0.4, 0.5) is 5.69 Å². The number of likely N-dealkylation sites (tertiary alicyclic amines) is 1. The summed E-state index contributed by atoms with van der Waals surface area (Å²) in [5.41, 5.74) is 0.493. The van der Waals surface area contributed by atoms with E-state index in [1.54, 1.807) is 17.0 Å². The van der Waals surface area contributed by atoms with E-state index in [4.69, 9.17) is 0 Å². The van der Waals surface area contributed by atoms with Gasteiger partial charge >= 0.3 is 0 Å². The van der Waals surface area contributed by atoms with Crippen molar-refractivity contribution in [1.29, 1.82) is 0 Å². The molecule has 6 nitrogen and oxygen atoms in total. The average Bonchev–Trinajstić information content (AvgIpc) is 2.47. The molecule has 1 aliphatic rings. The number of carbonyl (C=O) groups excluding carboxylic acids is 1. The largest absolute Gasteiger partial charge is 0.391 e. The van der Waals surface area contributed by atoms with Gasteiger partial charge in [0.25, 0.3) is 11.6 Å². The molecule has 2 rings (SSSR count). The third-order valence-corrected chi connectivity index (χ3v) is 4.46. The molecule has 1 amide bonds. The highest BCUT2D eigenvalue weighted by atomic mass is 16.6. The lowest BCUT2D eigenvalue weighted by Crippen LogP contribution is -2.45. The molecule has 1 heterocycles. The first kappa shape index (κ1) is 17.4. The fourth-order valence-corrected chi connectivity index (χ4v) is 2.87. The van der Waals surface area contributed by atoms with Gasteiger partial charge in [-0.05, 0) is 23.8 Å². The SMILES string of the molecule is CC1CCN(C(=O)c2ccc(C(C)(C)C)c([N+](=O)[O-])c2)CC1O. The number of benzene rings is 1. The Morgan fingerprint density at radius 1 is 1.39 bits per heavy atom. The van der Waals surface area contributed by atoms with E-state index in [0.717, 1.165) is 6.42 Å². The molecule has 1 aliphatic heterocycles. The Balaban J connectivity index is 2.32. The molecule has 23 heavy (non-hydrogen) atoms. The Labute approximate surface area is 136 Å². The van der Waals surface area contributed by atoms with Crippen molar-refractivity contribution in [3.05, 3.63) is 39.4 Å². The van der Waals surface area contributed by atoms with Gasteiger partial charge in [-0.25, -0.2) is 0 Å². The third-order valence-electron chi connectivity index (χ3n) is 4.46. The Morgan fingerprint density at radius 2 is 2.04 bits per heavy atom. The number of carbonyl (C=O) groups is 1. The van der Waals surface area contributed by atoms with E-state index in [2.05, 4.69) is 0 Å². The quantitative estimate of drug-likeness (QED) is 0.671.